The Morgan fingerprint density at radius 2 is 2.31 bits per heavy atom. The van der Waals surface area contributed by atoms with Crippen LogP contribution in [0.5, 0.6) is 0 Å². The minimum absolute atomic E-state index is 0.0518. The predicted octanol–water partition coefficient (Wildman–Crippen LogP) is 0.929. The molecule has 0 aromatic rings. The fourth-order valence-corrected chi connectivity index (χ4v) is 2.38. The molecule has 0 spiro atoms. The molecule has 3 aliphatic rings. The van der Waals surface area contributed by atoms with E-state index in [-0.39, 0.29) is 17.6 Å². The Labute approximate surface area is 78.0 Å². The monoisotopic (exact) mass is 181 g/mol. The van der Waals surface area contributed by atoms with E-state index < -0.39 is 0 Å². The van der Waals surface area contributed by atoms with Crippen molar-refractivity contribution in [1.82, 2.24) is 4.90 Å². The molecule has 3 nitrogen and oxygen atoms in total. The Bertz CT molecular complexity index is 252. The summed E-state index contributed by atoms with van der Waals surface area (Å²) in [6.45, 7) is 3.20. The lowest BCUT2D eigenvalue weighted by Crippen LogP contribution is -2.40. The first-order valence-electron chi connectivity index (χ1n) is 5.27. The molecular weight excluding hydrogens is 166 g/mol. The third kappa shape index (κ3) is 0.857. The van der Waals surface area contributed by atoms with Gasteiger partial charge >= 0.3 is 5.97 Å². The van der Waals surface area contributed by atoms with Gasteiger partial charge < -0.3 is 4.74 Å². The van der Waals surface area contributed by atoms with Crippen molar-refractivity contribution in [2.75, 3.05) is 6.54 Å². The first-order valence-corrected chi connectivity index (χ1v) is 5.27. The van der Waals surface area contributed by atoms with E-state index in [4.69, 9.17) is 4.74 Å². The molecule has 3 fully saturated rings. The number of carbonyl (C=O) groups excluding carboxylic acids is 1. The van der Waals surface area contributed by atoms with Crippen molar-refractivity contribution in [3.63, 3.8) is 0 Å². The molecule has 3 rings (SSSR count). The van der Waals surface area contributed by atoms with E-state index >= 15 is 0 Å². The highest BCUT2D eigenvalue weighted by Crippen LogP contribution is 2.57. The van der Waals surface area contributed by atoms with E-state index in [1.165, 1.54) is 6.42 Å². The Hall–Kier alpha value is -0.570. The van der Waals surface area contributed by atoms with Gasteiger partial charge in [0.2, 0.25) is 0 Å². The minimum atomic E-state index is -0.157. The van der Waals surface area contributed by atoms with Gasteiger partial charge in [-0.25, -0.2) is 4.79 Å². The smallest absolute Gasteiger partial charge is 0.328 e. The van der Waals surface area contributed by atoms with Crippen molar-refractivity contribution in [1.29, 1.82) is 0 Å². The summed E-state index contributed by atoms with van der Waals surface area (Å²) in [5.41, 5.74) is -0.157. The van der Waals surface area contributed by atoms with Crippen LogP contribution in [0.25, 0.3) is 0 Å². The summed E-state index contributed by atoms with van der Waals surface area (Å²) in [5, 5.41) is 0. The van der Waals surface area contributed by atoms with Gasteiger partial charge in [-0.05, 0) is 25.7 Å². The van der Waals surface area contributed by atoms with E-state index in [0.29, 0.717) is 6.04 Å². The van der Waals surface area contributed by atoms with Crippen LogP contribution in [-0.2, 0) is 9.53 Å². The Morgan fingerprint density at radius 1 is 1.62 bits per heavy atom. The van der Waals surface area contributed by atoms with E-state index in [2.05, 4.69) is 11.8 Å². The maximum atomic E-state index is 11.7. The maximum absolute atomic E-state index is 11.7. The molecule has 2 saturated heterocycles. The summed E-state index contributed by atoms with van der Waals surface area (Å²) >= 11 is 0. The lowest BCUT2D eigenvalue weighted by Gasteiger charge is -2.28. The maximum Gasteiger partial charge on any atom is 0.328 e. The van der Waals surface area contributed by atoms with Crippen LogP contribution >= 0.6 is 0 Å². The molecule has 0 aromatic heterocycles. The summed E-state index contributed by atoms with van der Waals surface area (Å²) in [7, 11) is 0. The van der Waals surface area contributed by atoms with Crippen LogP contribution in [0.2, 0.25) is 0 Å². The number of carbonyl (C=O) groups is 1. The lowest BCUT2D eigenvalue weighted by atomic mass is 9.95. The Balaban J connectivity index is 1.61. The van der Waals surface area contributed by atoms with Crippen LogP contribution < -0.4 is 0 Å². The fourth-order valence-electron chi connectivity index (χ4n) is 2.38. The van der Waals surface area contributed by atoms with Crippen molar-refractivity contribution in [2.45, 2.75) is 50.3 Å². The van der Waals surface area contributed by atoms with E-state index in [0.717, 1.165) is 25.8 Å². The van der Waals surface area contributed by atoms with Gasteiger partial charge in [-0.15, -0.1) is 0 Å². The number of hydrogen-bond acceptors (Lipinski definition) is 3. The van der Waals surface area contributed by atoms with Crippen molar-refractivity contribution in [3.05, 3.63) is 0 Å². The van der Waals surface area contributed by atoms with Gasteiger partial charge in [-0.1, -0.05) is 6.92 Å². The molecular formula is C10H15NO2. The molecule has 3 atom stereocenters. The van der Waals surface area contributed by atoms with Gasteiger partial charge in [-0.2, -0.15) is 0 Å². The molecule has 72 valence electrons. The number of ether oxygens (including phenoxy) is 1. The molecule has 0 amide bonds. The molecule has 0 aromatic carbocycles. The quantitative estimate of drug-likeness (QED) is 0.479. The molecule has 1 aliphatic carbocycles. The van der Waals surface area contributed by atoms with Gasteiger partial charge in [0.05, 0.1) is 6.04 Å². The Kier molecular flexibility index (Phi) is 1.36. The highest BCUT2D eigenvalue weighted by Gasteiger charge is 2.79. The third-order valence-corrected chi connectivity index (χ3v) is 3.83. The molecule has 2 aliphatic heterocycles. The van der Waals surface area contributed by atoms with Gasteiger partial charge in [0.25, 0.3) is 0 Å². The Morgan fingerprint density at radius 3 is 2.62 bits per heavy atom. The van der Waals surface area contributed by atoms with Crippen molar-refractivity contribution in [3.8, 4) is 0 Å². The number of fused-ring (bicyclic) bond motifs is 1. The number of nitrogens with zero attached hydrogens (tertiary/aromatic N) is 1. The number of hydrogen-bond donors (Lipinski definition) is 0. The van der Waals surface area contributed by atoms with Crippen LogP contribution in [0.1, 0.15) is 32.6 Å². The largest absolute Gasteiger partial charge is 0.461 e. The molecule has 1 saturated carbocycles. The van der Waals surface area contributed by atoms with Crippen LogP contribution in [-0.4, -0.2) is 35.1 Å². The summed E-state index contributed by atoms with van der Waals surface area (Å²) in [6, 6.07) is 0.546. The van der Waals surface area contributed by atoms with Crippen LogP contribution in [0, 0.1) is 0 Å². The summed E-state index contributed by atoms with van der Waals surface area (Å²) in [4.78, 5) is 14.0. The minimum Gasteiger partial charge on any atom is -0.461 e. The second-order valence-corrected chi connectivity index (χ2v) is 4.40. The van der Waals surface area contributed by atoms with Crippen LogP contribution in [0.15, 0.2) is 0 Å². The average molecular weight is 181 g/mol. The van der Waals surface area contributed by atoms with Crippen molar-refractivity contribution >= 4 is 5.97 Å². The number of esters is 1. The second-order valence-electron chi connectivity index (χ2n) is 4.40. The van der Waals surface area contributed by atoms with Crippen molar-refractivity contribution < 1.29 is 9.53 Å². The zero-order chi connectivity index (χ0) is 9.05. The third-order valence-electron chi connectivity index (χ3n) is 3.83. The fraction of sp³-hybridized carbons (Fsp3) is 0.900. The highest BCUT2D eigenvalue weighted by molar-refractivity contribution is 5.88. The summed E-state index contributed by atoms with van der Waals surface area (Å²) in [5.74, 6) is 0.0518. The summed E-state index contributed by atoms with van der Waals surface area (Å²) < 4.78 is 5.42. The predicted molar refractivity (Wildman–Crippen MR) is 47.2 cm³/mol. The molecule has 3 unspecified atom stereocenters. The lowest BCUT2D eigenvalue weighted by molar-refractivity contribution is -0.158. The zero-order valence-electron chi connectivity index (χ0n) is 7.95. The van der Waals surface area contributed by atoms with Gasteiger partial charge in [0.15, 0.2) is 0 Å². The highest BCUT2D eigenvalue weighted by atomic mass is 16.5. The normalized spacial score (nSPS) is 46.2. The van der Waals surface area contributed by atoms with E-state index in [9.17, 15) is 4.79 Å². The molecule has 0 radical (unpaired) electrons. The average Bonchev–Trinajstić information content (AvgIpc) is 2.85. The molecule has 0 N–H and O–H groups in total. The van der Waals surface area contributed by atoms with Gasteiger partial charge in [-0.3, -0.25) is 4.90 Å². The summed E-state index contributed by atoms with van der Waals surface area (Å²) in [6.07, 6.45) is 4.55. The zero-order valence-corrected chi connectivity index (χ0v) is 7.95. The molecule has 3 heteroatoms. The molecule has 0 bridgehead atoms. The molecule has 13 heavy (non-hydrogen) atoms. The van der Waals surface area contributed by atoms with Gasteiger partial charge in [0.1, 0.15) is 11.6 Å². The van der Waals surface area contributed by atoms with Crippen molar-refractivity contribution in [2.24, 2.45) is 0 Å². The van der Waals surface area contributed by atoms with Crippen LogP contribution in [0.3, 0.4) is 0 Å². The SMILES string of the molecule is CCC1(C(=O)OC2CCC2)C2CN21. The van der Waals surface area contributed by atoms with E-state index in [1.807, 2.05) is 0 Å². The first-order chi connectivity index (χ1) is 6.29. The van der Waals surface area contributed by atoms with E-state index in [1.54, 1.807) is 0 Å². The first kappa shape index (κ1) is 7.80. The standard InChI is InChI=1S/C10H15NO2/c1-2-10(8-6-11(8)10)9(12)13-7-4-3-5-7/h7-8H,2-6H2,1H3. The second kappa shape index (κ2) is 2.27. The number of rotatable bonds is 3. The van der Waals surface area contributed by atoms with Gasteiger partial charge in [0, 0.05) is 6.54 Å². The topological polar surface area (TPSA) is 29.3 Å². The van der Waals surface area contributed by atoms with Crippen LogP contribution in [0.4, 0.5) is 0 Å². The molecule has 2 heterocycles.